The number of esters is 4. The molecular weight excluding hydrogens is 670 g/mol. The molecular formula is C29H33N7O14. The van der Waals surface area contributed by atoms with Crippen molar-refractivity contribution in [3.8, 4) is 0 Å². The molecule has 1 aromatic heterocycles. The molecule has 1 fully saturated rings. The molecule has 1 aromatic carbocycles. The van der Waals surface area contributed by atoms with Gasteiger partial charge < -0.3 is 50.3 Å². The molecule has 1 saturated heterocycles. The Balaban J connectivity index is 1.71. The first-order valence-electron chi connectivity index (χ1n) is 14.7. The number of hydrogen-bond donors (Lipinski definition) is 4. The summed E-state index contributed by atoms with van der Waals surface area (Å²) in [6.07, 6.45) is 1.29. The van der Waals surface area contributed by atoms with Crippen LogP contribution in [0.15, 0.2) is 36.5 Å². The van der Waals surface area contributed by atoms with Gasteiger partial charge in [-0.15, -0.1) is 0 Å². The van der Waals surface area contributed by atoms with Crippen LogP contribution in [0.2, 0.25) is 0 Å². The Bertz CT molecular complexity index is 1640. The summed E-state index contributed by atoms with van der Waals surface area (Å²) < 4.78 is 20.6. The van der Waals surface area contributed by atoms with Gasteiger partial charge in [-0.05, 0) is 29.9 Å². The topological polar surface area (TPSA) is 283 Å². The summed E-state index contributed by atoms with van der Waals surface area (Å²) in [5, 5.41) is 23.7. The molecule has 0 radical (unpaired) electrons. The van der Waals surface area contributed by atoms with Gasteiger partial charge in [0, 0.05) is 6.42 Å². The fraction of sp³-hybridized carbons (Fsp3) is 0.414. The van der Waals surface area contributed by atoms with Crippen LogP contribution < -0.4 is 21.3 Å². The molecule has 1 aliphatic rings. The number of nitrogens with zero attached hydrogens (tertiary/aromatic N) is 3. The minimum atomic E-state index is -1.41. The predicted octanol–water partition coefficient (Wildman–Crippen LogP) is -2.86. The third kappa shape index (κ3) is 12.0. The normalized spacial score (nSPS) is 18.5. The van der Waals surface area contributed by atoms with Gasteiger partial charge in [-0.25, -0.2) is 4.79 Å². The van der Waals surface area contributed by atoms with Crippen LogP contribution in [0.3, 0.4) is 0 Å². The molecule has 0 saturated carbocycles. The van der Waals surface area contributed by atoms with Crippen molar-refractivity contribution < 1.29 is 62.2 Å². The standard InChI is InChI=1S/C29H33N7O14/c1-29(2,35-8-7-20(34-35)36(45)46)18-5-3-17(4-6-18)9-19-28(44)50-15-23(39)32-11-26(42)48-13-21(37)30-10-25(41)47-14-22(38)31-12-27(43)49-16-24(40)33-19/h3-8,19H,9-16H2,1-2H3,(H,30,37)(H,31,38)(H,32,39)(H,33,40). The Morgan fingerprint density at radius 2 is 1.20 bits per heavy atom. The zero-order valence-electron chi connectivity index (χ0n) is 26.8. The highest BCUT2D eigenvalue weighted by Crippen LogP contribution is 2.26. The number of carbonyl (C=O) groups excluding carboxylic acids is 8. The zero-order chi connectivity index (χ0) is 36.8. The van der Waals surface area contributed by atoms with E-state index >= 15 is 0 Å². The lowest BCUT2D eigenvalue weighted by molar-refractivity contribution is -0.389. The van der Waals surface area contributed by atoms with Crippen molar-refractivity contribution in [3.05, 3.63) is 57.8 Å². The van der Waals surface area contributed by atoms with E-state index in [0.29, 0.717) is 11.1 Å². The van der Waals surface area contributed by atoms with Gasteiger partial charge in [0.1, 0.15) is 31.2 Å². The minimum Gasteiger partial charge on any atom is -0.454 e. The summed E-state index contributed by atoms with van der Waals surface area (Å²) in [6, 6.07) is 6.46. The fourth-order valence-electron chi connectivity index (χ4n) is 4.06. The number of rotatable bonds is 5. The summed E-state index contributed by atoms with van der Waals surface area (Å²) >= 11 is 0. The largest absolute Gasteiger partial charge is 0.454 e. The van der Waals surface area contributed by atoms with Gasteiger partial charge in [0.15, 0.2) is 26.4 Å². The molecule has 1 aliphatic heterocycles. The molecule has 268 valence electrons. The second-order valence-electron chi connectivity index (χ2n) is 10.9. The molecule has 1 atom stereocenters. The van der Waals surface area contributed by atoms with Crippen molar-refractivity contribution in [1.29, 1.82) is 0 Å². The molecule has 50 heavy (non-hydrogen) atoms. The Morgan fingerprint density at radius 1 is 0.740 bits per heavy atom. The van der Waals surface area contributed by atoms with Crippen molar-refractivity contribution >= 4 is 53.3 Å². The average molecular weight is 704 g/mol. The van der Waals surface area contributed by atoms with Crippen LogP contribution in [0.5, 0.6) is 0 Å². The molecule has 1 unspecified atom stereocenters. The quantitative estimate of drug-likeness (QED) is 0.105. The highest BCUT2D eigenvalue weighted by molar-refractivity contribution is 5.90. The van der Waals surface area contributed by atoms with E-state index in [-0.39, 0.29) is 12.2 Å². The van der Waals surface area contributed by atoms with Gasteiger partial charge in [0.05, 0.1) is 17.4 Å². The number of hydrogen-bond acceptors (Lipinski definition) is 15. The molecule has 4 amide bonds. The maximum atomic E-state index is 13.0. The van der Waals surface area contributed by atoms with Gasteiger partial charge in [-0.1, -0.05) is 24.3 Å². The van der Waals surface area contributed by atoms with Crippen LogP contribution in [0.4, 0.5) is 5.82 Å². The van der Waals surface area contributed by atoms with Crippen molar-refractivity contribution in [1.82, 2.24) is 31.0 Å². The summed E-state index contributed by atoms with van der Waals surface area (Å²) in [6.45, 7) is -1.91. The maximum absolute atomic E-state index is 13.0. The third-order valence-corrected chi connectivity index (χ3v) is 6.78. The van der Waals surface area contributed by atoms with Gasteiger partial charge in [-0.3, -0.25) is 33.6 Å². The van der Waals surface area contributed by atoms with Crippen LogP contribution >= 0.6 is 0 Å². The van der Waals surface area contributed by atoms with Crippen LogP contribution in [0.1, 0.15) is 25.0 Å². The van der Waals surface area contributed by atoms with Crippen molar-refractivity contribution in [3.63, 3.8) is 0 Å². The van der Waals surface area contributed by atoms with Crippen LogP contribution in [-0.2, 0) is 69.3 Å². The van der Waals surface area contributed by atoms with Crippen molar-refractivity contribution in [2.75, 3.05) is 46.1 Å². The molecule has 0 spiro atoms. The van der Waals surface area contributed by atoms with E-state index in [1.807, 2.05) is 0 Å². The Kier molecular flexibility index (Phi) is 13.4. The fourth-order valence-corrected chi connectivity index (χ4v) is 4.06. The monoisotopic (exact) mass is 703 g/mol. The number of cyclic esters (lactones) is 4. The van der Waals surface area contributed by atoms with E-state index in [9.17, 15) is 48.5 Å². The Labute approximate surface area is 282 Å². The van der Waals surface area contributed by atoms with Crippen molar-refractivity contribution in [2.24, 2.45) is 0 Å². The van der Waals surface area contributed by atoms with Gasteiger partial charge in [0.2, 0.25) is 0 Å². The number of nitro groups is 1. The van der Waals surface area contributed by atoms with Crippen LogP contribution in [0, 0.1) is 10.1 Å². The third-order valence-electron chi connectivity index (χ3n) is 6.78. The molecule has 4 N–H and O–H groups in total. The SMILES string of the molecule is CC(C)(c1ccc(CC2NC(=O)COC(=O)CNC(=O)COC(=O)CNC(=O)COC(=O)CNC(=O)COC2=O)cc1)n1ccc([N+](=O)[O-])n1. The number of aromatic nitrogens is 2. The van der Waals surface area contributed by atoms with E-state index < -0.39 is 110 Å². The summed E-state index contributed by atoms with van der Waals surface area (Å²) in [5.41, 5.74) is 0.366. The lowest BCUT2D eigenvalue weighted by atomic mass is 9.92. The molecule has 0 bridgehead atoms. The second-order valence-corrected chi connectivity index (χ2v) is 10.9. The second kappa shape index (κ2) is 17.7. The van der Waals surface area contributed by atoms with Crippen LogP contribution in [-0.4, -0.2) is 114 Å². The van der Waals surface area contributed by atoms with E-state index in [1.165, 1.54) is 16.9 Å². The summed E-state index contributed by atoms with van der Waals surface area (Å²) in [4.78, 5) is 108. The van der Waals surface area contributed by atoms with Crippen LogP contribution in [0.25, 0.3) is 0 Å². The van der Waals surface area contributed by atoms with Gasteiger partial charge >= 0.3 is 29.7 Å². The number of nitrogens with one attached hydrogen (secondary N) is 4. The molecule has 3 rings (SSSR count). The maximum Gasteiger partial charge on any atom is 0.389 e. The number of amides is 4. The summed E-state index contributed by atoms with van der Waals surface area (Å²) in [7, 11) is 0. The first kappa shape index (κ1) is 38.0. The predicted molar refractivity (Wildman–Crippen MR) is 162 cm³/mol. The van der Waals surface area contributed by atoms with E-state index in [1.54, 1.807) is 38.1 Å². The number of ether oxygens (including phenoxy) is 4. The molecule has 0 aliphatic carbocycles. The summed E-state index contributed by atoms with van der Waals surface area (Å²) in [5.74, 6) is -8.17. The smallest absolute Gasteiger partial charge is 0.389 e. The Morgan fingerprint density at radius 3 is 1.66 bits per heavy atom. The van der Waals surface area contributed by atoms with E-state index in [0.717, 1.165) is 0 Å². The molecule has 2 aromatic rings. The zero-order valence-corrected chi connectivity index (χ0v) is 26.8. The molecule has 21 heteroatoms. The Hall–Kier alpha value is -6.41. The lowest BCUT2D eigenvalue weighted by Gasteiger charge is -2.23. The van der Waals surface area contributed by atoms with Gasteiger partial charge in [-0.2, -0.15) is 4.68 Å². The van der Waals surface area contributed by atoms with E-state index in [2.05, 4.69) is 35.8 Å². The molecule has 21 nitrogen and oxygen atoms in total. The highest BCUT2D eigenvalue weighted by Gasteiger charge is 2.29. The average Bonchev–Trinajstić information content (AvgIpc) is 3.60. The number of benzene rings is 1. The van der Waals surface area contributed by atoms with E-state index in [4.69, 9.17) is 9.47 Å². The minimum absolute atomic E-state index is 0.169. The number of carbonyl (C=O) groups is 8. The first-order valence-corrected chi connectivity index (χ1v) is 14.7. The van der Waals surface area contributed by atoms with Gasteiger partial charge in [0.25, 0.3) is 23.6 Å². The van der Waals surface area contributed by atoms with Crippen molar-refractivity contribution in [2.45, 2.75) is 31.8 Å². The first-order chi connectivity index (χ1) is 23.6. The highest BCUT2D eigenvalue weighted by atomic mass is 16.6. The molecule has 2 heterocycles. The lowest BCUT2D eigenvalue weighted by Crippen LogP contribution is -2.46.